The van der Waals surface area contributed by atoms with Crippen LogP contribution in [-0.4, -0.2) is 17.1 Å². The summed E-state index contributed by atoms with van der Waals surface area (Å²) in [6, 6.07) is 7.89. The van der Waals surface area contributed by atoms with E-state index in [2.05, 4.69) is 21.7 Å². The van der Waals surface area contributed by atoms with Crippen molar-refractivity contribution >= 4 is 29.0 Å². The number of nitrogens with one attached hydrogen (secondary N) is 2. The van der Waals surface area contributed by atoms with E-state index in [9.17, 15) is 4.79 Å². The van der Waals surface area contributed by atoms with Crippen LogP contribution in [-0.2, 0) is 6.54 Å². The Balaban J connectivity index is 1.46. The molecule has 0 saturated heterocycles. The molecule has 0 spiro atoms. The first-order chi connectivity index (χ1) is 10.1. The third-order valence-corrected chi connectivity index (χ3v) is 4.62. The Bertz CT molecular complexity index is 658. The van der Waals surface area contributed by atoms with Gasteiger partial charge in [0.15, 0.2) is 0 Å². The molecule has 2 atom stereocenters. The number of benzene rings is 1. The first-order valence-electron chi connectivity index (χ1n) is 6.83. The van der Waals surface area contributed by atoms with Crippen molar-refractivity contribution in [1.29, 1.82) is 0 Å². The first kappa shape index (κ1) is 14.4. The van der Waals surface area contributed by atoms with Gasteiger partial charge in [-0.15, -0.1) is 11.3 Å². The standard InChI is InChI=1S/C15H16ClN3OS/c1-9-17-7-12(21-9)8-18-15(20)19-14-6-13(14)10-3-2-4-11(16)5-10/h2-5,7,13-14H,6,8H2,1H3,(H2,18,19,20)/t13-,14-/m1/s1. The van der Waals surface area contributed by atoms with Gasteiger partial charge in [-0.25, -0.2) is 9.78 Å². The van der Waals surface area contributed by atoms with E-state index in [-0.39, 0.29) is 12.1 Å². The van der Waals surface area contributed by atoms with Gasteiger partial charge in [-0.1, -0.05) is 23.7 Å². The number of urea groups is 1. The third kappa shape index (κ3) is 3.74. The quantitative estimate of drug-likeness (QED) is 0.906. The van der Waals surface area contributed by atoms with Crippen molar-refractivity contribution in [2.24, 2.45) is 0 Å². The largest absolute Gasteiger partial charge is 0.335 e. The Kier molecular flexibility index (Phi) is 4.12. The van der Waals surface area contributed by atoms with Gasteiger partial charge in [0.05, 0.1) is 11.6 Å². The van der Waals surface area contributed by atoms with Crippen LogP contribution in [0.1, 0.15) is 27.8 Å². The van der Waals surface area contributed by atoms with Crippen molar-refractivity contribution in [2.75, 3.05) is 0 Å². The summed E-state index contributed by atoms with van der Waals surface area (Å²) in [6.07, 6.45) is 2.76. The van der Waals surface area contributed by atoms with Crippen molar-refractivity contribution in [1.82, 2.24) is 15.6 Å². The summed E-state index contributed by atoms with van der Waals surface area (Å²) in [4.78, 5) is 17.1. The zero-order chi connectivity index (χ0) is 14.8. The number of hydrogen-bond donors (Lipinski definition) is 2. The Morgan fingerprint density at radius 2 is 2.38 bits per heavy atom. The van der Waals surface area contributed by atoms with E-state index in [1.54, 1.807) is 17.5 Å². The summed E-state index contributed by atoms with van der Waals surface area (Å²) in [6.45, 7) is 2.47. The van der Waals surface area contributed by atoms with Crippen molar-refractivity contribution in [3.05, 3.63) is 50.9 Å². The van der Waals surface area contributed by atoms with Gasteiger partial charge < -0.3 is 10.6 Å². The van der Waals surface area contributed by atoms with Crippen LogP contribution in [0.2, 0.25) is 5.02 Å². The second-order valence-electron chi connectivity index (χ2n) is 5.18. The molecule has 1 saturated carbocycles. The number of amides is 2. The van der Waals surface area contributed by atoms with Crippen LogP contribution in [0.15, 0.2) is 30.5 Å². The van der Waals surface area contributed by atoms with Crippen molar-refractivity contribution < 1.29 is 4.79 Å². The molecule has 21 heavy (non-hydrogen) atoms. The lowest BCUT2D eigenvalue weighted by Crippen LogP contribution is -2.36. The number of nitrogens with zero attached hydrogens (tertiary/aromatic N) is 1. The maximum absolute atomic E-state index is 11.9. The summed E-state index contributed by atoms with van der Waals surface area (Å²) in [5.41, 5.74) is 1.19. The van der Waals surface area contributed by atoms with Crippen LogP contribution >= 0.6 is 22.9 Å². The second-order valence-corrected chi connectivity index (χ2v) is 6.93. The Labute approximate surface area is 132 Å². The van der Waals surface area contributed by atoms with Crippen LogP contribution in [0.3, 0.4) is 0 Å². The first-order valence-corrected chi connectivity index (χ1v) is 8.02. The van der Waals surface area contributed by atoms with Gasteiger partial charge in [0, 0.05) is 28.1 Å². The normalized spacial score (nSPS) is 20.1. The highest BCUT2D eigenvalue weighted by molar-refractivity contribution is 7.11. The Morgan fingerprint density at radius 1 is 1.52 bits per heavy atom. The Hall–Kier alpha value is -1.59. The molecule has 1 fully saturated rings. The average Bonchev–Trinajstić information content (AvgIpc) is 3.09. The molecule has 1 aliphatic carbocycles. The third-order valence-electron chi connectivity index (χ3n) is 3.48. The SMILES string of the molecule is Cc1ncc(CNC(=O)N[C@@H]2C[C@@H]2c2cccc(Cl)c2)s1. The second kappa shape index (κ2) is 6.03. The molecule has 0 radical (unpaired) electrons. The number of hydrogen-bond acceptors (Lipinski definition) is 3. The van der Waals surface area contributed by atoms with Crippen molar-refractivity contribution in [3.8, 4) is 0 Å². The predicted molar refractivity (Wildman–Crippen MR) is 84.8 cm³/mol. The molecular formula is C15H16ClN3OS. The molecule has 2 N–H and O–H groups in total. The highest BCUT2D eigenvalue weighted by Gasteiger charge is 2.39. The van der Waals surface area contributed by atoms with E-state index >= 15 is 0 Å². The molecule has 1 aromatic heterocycles. The minimum atomic E-state index is -0.129. The maximum atomic E-state index is 11.9. The van der Waals surface area contributed by atoms with Crippen LogP contribution in [0, 0.1) is 6.92 Å². The number of carbonyl (C=O) groups is 1. The van der Waals surface area contributed by atoms with Crippen molar-refractivity contribution in [2.45, 2.75) is 31.8 Å². The van der Waals surface area contributed by atoms with E-state index in [4.69, 9.17) is 11.6 Å². The van der Waals surface area contributed by atoms with Gasteiger partial charge >= 0.3 is 6.03 Å². The summed E-state index contributed by atoms with van der Waals surface area (Å²) in [5, 5.41) is 7.60. The van der Waals surface area contributed by atoms with E-state index in [0.717, 1.165) is 21.3 Å². The molecule has 1 aromatic carbocycles. The summed E-state index contributed by atoms with van der Waals surface area (Å²) < 4.78 is 0. The lowest BCUT2D eigenvalue weighted by Gasteiger charge is -2.06. The topological polar surface area (TPSA) is 54.0 Å². The molecule has 2 amide bonds. The molecule has 3 rings (SSSR count). The number of rotatable bonds is 4. The highest BCUT2D eigenvalue weighted by Crippen LogP contribution is 2.41. The molecule has 1 heterocycles. The fourth-order valence-electron chi connectivity index (χ4n) is 2.33. The van der Waals surface area contributed by atoms with E-state index in [1.165, 1.54) is 5.56 Å². The molecule has 2 aromatic rings. The Morgan fingerprint density at radius 3 is 3.10 bits per heavy atom. The van der Waals surface area contributed by atoms with E-state index < -0.39 is 0 Å². The van der Waals surface area contributed by atoms with Crippen LogP contribution in [0.25, 0.3) is 0 Å². The average molecular weight is 322 g/mol. The number of thiazole rings is 1. The lowest BCUT2D eigenvalue weighted by molar-refractivity contribution is 0.240. The fourth-order valence-corrected chi connectivity index (χ4v) is 3.27. The monoisotopic (exact) mass is 321 g/mol. The van der Waals surface area contributed by atoms with Gasteiger partial charge in [-0.3, -0.25) is 0 Å². The van der Waals surface area contributed by atoms with Gasteiger partial charge in [0.1, 0.15) is 0 Å². The number of aromatic nitrogens is 1. The fraction of sp³-hybridized carbons (Fsp3) is 0.333. The number of halogens is 1. The maximum Gasteiger partial charge on any atom is 0.315 e. The van der Waals surface area contributed by atoms with Crippen LogP contribution in [0.4, 0.5) is 4.79 Å². The van der Waals surface area contributed by atoms with Gasteiger partial charge in [0.2, 0.25) is 0 Å². The zero-order valence-electron chi connectivity index (χ0n) is 11.6. The molecule has 4 nitrogen and oxygen atoms in total. The molecule has 1 aliphatic rings. The van der Waals surface area contributed by atoms with Crippen LogP contribution < -0.4 is 10.6 Å². The highest BCUT2D eigenvalue weighted by atomic mass is 35.5. The lowest BCUT2D eigenvalue weighted by atomic mass is 10.1. The number of carbonyl (C=O) groups excluding carboxylic acids is 1. The van der Waals surface area contributed by atoms with Crippen LogP contribution in [0.5, 0.6) is 0 Å². The molecule has 110 valence electrons. The van der Waals surface area contributed by atoms with Gasteiger partial charge in [-0.05, 0) is 31.0 Å². The van der Waals surface area contributed by atoms with Gasteiger partial charge in [-0.2, -0.15) is 0 Å². The van der Waals surface area contributed by atoms with Gasteiger partial charge in [0.25, 0.3) is 0 Å². The predicted octanol–water partition coefficient (Wildman–Crippen LogP) is 3.46. The zero-order valence-corrected chi connectivity index (χ0v) is 13.2. The minimum Gasteiger partial charge on any atom is -0.335 e. The molecular weight excluding hydrogens is 306 g/mol. The molecule has 0 aliphatic heterocycles. The summed E-state index contributed by atoms with van der Waals surface area (Å²) in [5.74, 6) is 0.375. The van der Waals surface area contributed by atoms with Crippen molar-refractivity contribution in [3.63, 3.8) is 0 Å². The summed E-state index contributed by atoms with van der Waals surface area (Å²) in [7, 11) is 0. The molecule has 6 heteroatoms. The van der Waals surface area contributed by atoms with E-state index in [1.807, 2.05) is 25.1 Å². The molecule has 0 bridgehead atoms. The molecule has 0 unspecified atom stereocenters. The van der Waals surface area contributed by atoms with E-state index in [0.29, 0.717) is 12.5 Å². The summed E-state index contributed by atoms with van der Waals surface area (Å²) >= 11 is 7.58. The minimum absolute atomic E-state index is 0.129. The smallest absolute Gasteiger partial charge is 0.315 e. The number of aryl methyl sites for hydroxylation is 1.